The minimum Gasteiger partial charge on any atom is -0.304 e. The van der Waals surface area contributed by atoms with Crippen molar-refractivity contribution in [1.82, 2.24) is 15.2 Å². The van der Waals surface area contributed by atoms with E-state index in [0.717, 1.165) is 5.56 Å². The molecule has 6 nitrogen and oxygen atoms in total. The molecule has 1 aromatic carbocycles. The van der Waals surface area contributed by atoms with Crippen molar-refractivity contribution in [2.45, 2.75) is 0 Å². The third-order valence-electron chi connectivity index (χ3n) is 1.86. The predicted molar refractivity (Wildman–Crippen MR) is 55.9 cm³/mol. The number of aromatic nitrogens is 3. The number of nitrogens with one attached hydrogen (secondary N) is 2. The monoisotopic (exact) mass is 203 g/mol. The van der Waals surface area contributed by atoms with Gasteiger partial charge < -0.3 is 5.43 Å². The molecule has 1 aromatic heterocycles. The summed E-state index contributed by atoms with van der Waals surface area (Å²) in [7, 11) is 0. The van der Waals surface area contributed by atoms with E-state index in [1.807, 2.05) is 30.3 Å². The average Bonchev–Trinajstić information content (AvgIpc) is 2.31. The van der Waals surface area contributed by atoms with Crippen LogP contribution in [0.2, 0.25) is 0 Å². The second-order valence-electron chi connectivity index (χ2n) is 2.85. The third-order valence-corrected chi connectivity index (χ3v) is 1.86. The zero-order chi connectivity index (χ0) is 10.7. The fourth-order valence-electron chi connectivity index (χ4n) is 1.15. The van der Waals surface area contributed by atoms with Gasteiger partial charge in [0.25, 0.3) is 0 Å². The highest BCUT2D eigenvalue weighted by Gasteiger charge is 2.04. The van der Waals surface area contributed by atoms with Gasteiger partial charge in [-0.2, -0.15) is 5.10 Å². The van der Waals surface area contributed by atoms with Crippen molar-refractivity contribution < 1.29 is 0 Å². The van der Waals surface area contributed by atoms with Crippen molar-refractivity contribution in [2.75, 3.05) is 5.43 Å². The molecule has 0 amide bonds. The SMILES string of the molecule is NNc1nc(-c2ccccc2)n[nH]c1=O. The largest absolute Gasteiger partial charge is 0.308 e. The van der Waals surface area contributed by atoms with Gasteiger partial charge in [0.2, 0.25) is 5.82 Å². The van der Waals surface area contributed by atoms with Crippen LogP contribution in [-0.4, -0.2) is 15.2 Å². The quantitative estimate of drug-likeness (QED) is 0.475. The van der Waals surface area contributed by atoms with Gasteiger partial charge in [0.15, 0.2) is 5.82 Å². The lowest BCUT2D eigenvalue weighted by Gasteiger charge is -2.01. The molecule has 0 aliphatic carbocycles. The fraction of sp³-hybridized carbons (Fsp3) is 0. The second-order valence-corrected chi connectivity index (χ2v) is 2.85. The van der Waals surface area contributed by atoms with Gasteiger partial charge in [-0.25, -0.2) is 15.9 Å². The van der Waals surface area contributed by atoms with Crippen molar-refractivity contribution in [3.8, 4) is 11.4 Å². The van der Waals surface area contributed by atoms with E-state index >= 15 is 0 Å². The number of nitrogen functional groups attached to an aromatic ring is 1. The minimum absolute atomic E-state index is 0.0452. The Morgan fingerprint density at radius 2 is 2.00 bits per heavy atom. The molecule has 0 fully saturated rings. The molecule has 15 heavy (non-hydrogen) atoms. The number of nitrogens with two attached hydrogens (primary N) is 1. The van der Waals surface area contributed by atoms with E-state index in [4.69, 9.17) is 5.84 Å². The molecule has 0 saturated heterocycles. The van der Waals surface area contributed by atoms with Gasteiger partial charge in [0, 0.05) is 5.56 Å². The van der Waals surface area contributed by atoms with Gasteiger partial charge in [-0.05, 0) is 0 Å². The molecule has 4 N–H and O–H groups in total. The molecule has 0 radical (unpaired) electrons. The highest BCUT2D eigenvalue weighted by atomic mass is 16.1. The van der Waals surface area contributed by atoms with Gasteiger partial charge in [-0.3, -0.25) is 4.79 Å². The summed E-state index contributed by atoms with van der Waals surface area (Å²) < 4.78 is 0. The van der Waals surface area contributed by atoms with Crippen molar-refractivity contribution in [3.05, 3.63) is 40.7 Å². The number of anilines is 1. The van der Waals surface area contributed by atoms with E-state index in [-0.39, 0.29) is 5.82 Å². The number of aromatic amines is 1. The van der Waals surface area contributed by atoms with E-state index in [9.17, 15) is 4.79 Å². The summed E-state index contributed by atoms with van der Waals surface area (Å²) in [5.41, 5.74) is 2.57. The predicted octanol–water partition coefficient (Wildman–Crippen LogP) is 0.117. The zero-order valence-corrected chi connectivity index (χ0v) is 7.77. The highest BCUT2D eigenvalue weighted by molar-refractivity contribution is 5.55. The van der Waals surface area contributed by atoms with Crippen LogP contribution in [0.15, 0.2) is 35.1 Å². The maximum atomic E-state index is 11.1. The van der Waals surface area contributed by atoms with Crippen molar-refractivity contribution in [1.29, 1.82) is 0 Å². The van der Waals surface area contributed by atoms with Crippen LogP contribution in [0.4, 0.5) is 5.82 Å². The molecule has 1 heterocycles. The Bertz CT molecular complexity index is 507. The fourth-order valence-corrected chi connectivity index (χ4v) is 1.15. The lowest BCUT2D eigenvalue weighted by atomic mass is 10.2. The van der Waals surface area contributed by atoms with E-state index in [2.05, 4.69) is 20.6 Å². The summed E-state index contributed by atoms with van der Waals surface area (Å²) in [5, 5.41) is 6.12. The summed E-state index contributed by atoms with van der Waals surface area (Å²) in [6, 6.07) is 9.29. The summed E-state index contributed by atoms with van der Waals surface area (Å²) in [4.78, 5) is 15.1. The van der Waals surface area contributed by atoms with Gasteiger partial charge in [-0.1, -0.05) is 30.3 Å². The second kappa shape index (κ2) is 3.89. The highest BCUT2D eigenvalue weighted by Crippen LogP contribution is 2.12. The van der Waals surface area contributed by atoms with Gasteiger partial charge in [0.1, 0.15) is 0 Å². The molecule has 0 spiro atoms. The van der Waals surface area contributed by atoms with Crippen LogP contribution < -0.4 is 16.8 Å². The topological polar surface area (TPSA) is 96.7 Å². The first-order valence-corrected chi connectivity index (χ1v) is 4.30. The number of hydrogen-bond acceptors (Lipinski definition) is 5. The van der Waals surface area contributed by atoms with Crippen molar-refractivity contribution in [3.63, 3.8) is 0 Å². The molecule has 0 aliphatic heterocycles. The molecule has 76 valence electrons. The Morgan fingerprint density at radius 3 is 2.67 bits per heavy atom. The van der Waals surface area contributed by atoms with Gasteiger partial charge in [0.05, 0.1) is 0 Å². The Labute approximate surface area is 85.1 Å². The van der Waals surface area contributed by atoms with Crippen molar-refractivity contribution in [2.24, 2.45) is 5.84 Å². The summed E-state index contributed by atoms with van der Waals surface area (Å²) in [5.74, 6) is 5.60. The smallest absolute Gasteiger partial charge is 0.304 e. The molecular formula is C9H9N5O. The molecule has 0 saturated carbocycles. The number of rotatable bonds is 2. The van der Waals surface area contributed by atoms with Crippen LogP contribution >= 0.6 is 0 Å². The minimum atomic E-state index is -0.447. The number of hydrogen-bond donors (Lipinski definition) is 3. The van der Waals surface area contributed by atoms with Crippen LogP contribution in [0.3, 0.4) is 0 Å². The van der Waals surface area contributed by atoms with Crippen molar-refractivity contribution >= 4 is 5.82 Å². The third kappa shape index (κ3) is 1.84. The molecule has 0 aliphatic rings. The summed E-state index contributed by atoms with van der Waals surface area (Å²) in [6.45, 7) is 0. The zero-order valence-electron chi connectivity index (χ0n) is 7.77. The Morgan fingerprint density at radius 1 is 1.27 bits per heavy atom. The first-order valence-electron chi connectivity index (χ1n) is 4.30. The maximum Gasteiger partial charge on any atom is 0.308 e. The van der Waals surface area contributed by atoms with Crippen LogP contribution in [0.1, 0.15) is 0 Å². The normalized spacial score (nSPS) is 9.93. The molecule has 2 rings (SSSR count). The lowest BCUT2D eigenvalue weighted by molar-refractivity contribution is 0.939. The lowest BCUT2D eigenvalue weighted by Crippen LogP contribution is -2.21. The number of H-pyrrole nitrogens is 1. The average molecular weight is 203 g/mol. The number of hydrazine groups is 1. The maximum absolute atomic E-state index is 11.1. The van der Waals surface area contributed by atoms with E-state index in [1.165, 1.54) is 0 Å². The molecule has 0 unspecified atom stereocenters. The van der Waals surface area contributed by atoms with Crippen LogP contribution in [0.5, 0.6) is 0 Å². The molecule has 2 aromatic rings. The first kappa shape index (κ1) is 9.35. The summed E-state index contributed by atoms with van der Waals surface area (Å²) in [6.07, 6.45) is 0. The summed E-state index contributed by atoms with van der Waals surface area (Å²) >= 11 is 0. The molecule has 0 atom stereocenters. The van der Waals surface area contributed by atoms with Crippen LogP contribution in [0.25, 0.3) is 11.4 Å². The van der Waals surface area contributed by atoms with Gasteiger partial charge in [-0.15, -0.1) is 0 Å². The van der Waals surface area contributed by atoms with Crippen LogP contribution in [0, 0.1) is 0 Å². The Balaban J connectivity index is 2.51. The van der Waals surface area contributed by atoms with Gasteiger partial charge >= 0.3 is 5.56 Å². The molecule has 6 heteroatoms. The van der Waals surface area contributed by atoms with E-state index < -0.39 is 5.56 Å². The number of nitrogens with zero attached hydrogens (tertiary/aromatic N) is 2. The first-order chi connectivity index (χ1) is 7.31. The van der Waals surface area contributed by atoms with E-state index in [1.54, 1.807) is 0 Å². The van der Waals surface area contributed by atoms with E-state index in [0.29, 0.717) is 5.82 Å². The Kier molecular flexibility index (Phi) is 2.42. The standard InChI is InChI=1S/C9H9N5O/c10-12-8-9(15)14-13-7(11-8)6-4-2-1-3-5-6/h1-5H,10H2,(H,14,15)(H,11,12,13). The Hall–Kier alpha value is -2.21. The molecule has 0 bridgehead atoms. The van der Waals surface area contributed by atoms with Crippen LogP contribution in [-0.2, 0) is 0 Å². The number of benzene rings is 1. The molecular weight excluding hydrogens is 194 g/mol.